The fourth-order valence-corrected chi connectivity index (χ4v) is 2.62. The van der Waals surface area contributed by atoms with Crippen LogP contribution in [0, 0.1) is 0 Å². The van der Waals surface area contributed by atoms with Gasteiger partial charge in [0.1, 0.15) is 0 Å². The SMILES string of the molecule is CCNC(=NCC1(O)CCC1)NC(C)CCc1ccccc1.I. The van der Waals surface area contributed by atoms with Crippen LogP contribution in [-0.4, -0.2) is 35.8 Å². The molecule has 1 atom stereocenters. The van der Waals surface area contributed by atoms with Gasteiger partial charge in [-0.15, -0.1) is 24.0 Å². The molecule has 1 aromatic rings. The van der Waals surface area contributed by atoms with Gasteiger partial charge in [-0.1, -0.05) is 30.3 Å². The highest BCUT2D eigenvalue weighted by molar-refractivity contribution is 14.0. The predicted octanol–water partition coefficient (Wildman–Crippen LogP) is 3.10. The van der Waals surface area contributed by atoms with Crippen LogP contribution in [0.2, 0.25) is 0 Å². The van der Waals surface area contributed by atoms with E-state index in [1.165, 1.54) is 5.56 Å². The Morgan fingerprint density at radius 2 is 2.00 bits per heavy atom. The van der Waals surface area contributed by atoms with Crippen molar-refractivity contribution in [1.29, 1.82) is 0 Å². The molecule has 1 aromatic carbocycles. The average Bonchev–Trinajstić information content (AvgIpc) is 2.50. The molecule has 1 unspecified atom stereocenters. The Balaban J connectivity index is 0.00000264. The fourth-order valence-electron chi connectivity index (χ4n) is 2.62. The van der Waals surface area contributed by atoms with Gasteiger partial charge in [0.25, 0.3) is 0 Å². The van der Waals surface area contributed by atoms with Crippen molar-refractivity contribution in [3.05, 3.63) is 35.9 Å². The fraction of sp³-hybridized carbons (Fsp3) is 0.611. The predicted molar refractivity (Wildman–Crippen MR) is 108 cm³/mol. The molecule has 5 heteroatoms. The monoisotopic (exact) mass is 431 g/mol. The number of benzene rings is 1. The molecule has 3 N–H and O–H groups in total. The standard InChI is InChI=1S/C18H29N3O.HI/c1-3-19-17(20-14-18(22)12-7-13-18)21-15(2)10-11-16-8-5-4-6-9-16;/h4-6,8-9,15,22H,3,7,10-14H2,1-2H3,(H2,19,20,21);1H. The number of halogens is 1. The lowest BCUT2D eigenvalue weighted by Gasteiger charge is -2.35. The van der Waals surface area contributed by atoms with Crippen LogP contribution in [0.3, 0.4) is 0 Å². The van der Waals surface area contributed by atoms with E-state index in [1.807, 2.05) is 6.07 Å². The summed E-state index contributed by atoms with van der Waals surface area (Å²) < 4.78 is 0. The molecule has 0 aliphatic heterocycles. The Bertz CT molecular complexity index is 474. The Morgan fingerprint density at radius 3 is 2.57 bits per heavy atom. The number of nitrogens with zero attached hydrogens (tertiary/aromatic N) is 1. The largest absolute Gasteiger partial charge is 0.388 e. The number of guanidine groups is 1. The number of rotatable bonds is 7. The van der Waals surface area contributed by atoms with E-state index >= 15 is 0 Å². The van der Waals surface area contributed by atoms with Gasteiger partial charge < -0.3 is 15.7 Å². The van der Waals surface area contributed by atoms with E-state index in [9.17, 15) is 5.11 Å². The quantitative estimate of drug-likeness (QED) is 0.353. The maximum absolute atomic E-state index is 10.2. The van der Waals surface area contributed by atoms with Crippen molar-refractivity contribution in [2.75, 3.05) is 13.1 Å². The maximum atomic E-state index is 10.2. The van der Waals surface area contributed by atoms with Crippen molar-refractivity contribution in [3.63, 3.8) is 0 Å². The van der Waals surface area contributed by atoms with Gasteiger partial charge in [-0.2, -0.15) is 0 Å². The van der Waals surface area contributed by atoms with Crippen molar-refractivity contribution < 1.29 is 5.11 Å². The molecular weight excluding hydrogens is 401 g/mol. The third-order valence-corrected chi connectivity index (χ3v) is 4.25. The average molecular weight is 431 g/mol. The summed E-state index contributed by atoms with van der Waals surface area (Å²) in [5.41, 5.74) is 0.803. The Labute approximate surface area is 157 Å². The summed E-state index contributed by atoms with van der Waals surface area (Å²) in [6.07, 6.45) is 4.97. The summed E-state index contributed by atoms with van der Waals surface area (Å²) >= 11 is 0. The minimum atomic E-state index is -0.560. The third-order valence-electron chi connectivity index (χ3n) is 4.25. The zero-order chi connectivity index (χ0) is 15.8. The Hall–Kier alpha value is -0.820. The molecule has 0 heterocycles. The van der Waals surface area contributed by atoms with E-state index in [-0.39, 0.29) is 24.0 Å². The zero-order valence-corrected chi connectivity index (χ0v) is 16.5. The molecule has 1 aliphatic rings. The third kappa shape index (κ3) is 7.08. The van der Waals surface area contributed by atoms with Gasteiger partial charge in [-0.05, 0) is 51.5 Å². The molecule has 0 saturated heterocycles. The van der Waals surface area contributed by atoms with E-state index in [0.29, 0.717) is 12.6 Å². The van der Waals surface area contributed by atoms with E-state index in [1.54, 1.807) is 0 Å². The summed E-state index contributed by atoms with van der Waals surface area (Å²) in [5.74, 6) is 0.809. The van der Waals surface area contributed by atoms with Gasteiger partial charge in [-0.25, -0.2) is 0 Å². The molecule has 0 spiro atoms. The van der Waals surface area contributed by atoms with E-state index < -0.39 is 5.60 Å². The zero-order valence-electron chi connectivity index (χ0n) is 14.2. The first-order chi connectivity index (χ1) is 10.6. The number of aryl methyl sites for hydroxylation is 1. The lowest BCUT2D eigenvalue weighted by molar-refractivity contribution is -0.0236. The van der Waals surface area contributed by atoms with Crippen molar-refractivity contribution >= 4 is 29.9 Å². The van der Waals surface area contributed by atoms with Crippen LogP contribution >= 0.6 is 24.0 Å². The highest BCUT2D eigenvalue weighted by atomic mass is 127. The number of hydrogen-bond donors (Lipinski definition) is 3. The van der Waals surface area contributed by atoms with Crippen molar-refractivity contribution in [2.24, 2.45) is 4.99 Å². The Kier molecular flexibility index (Phi) is 8.91. The summed E-state index contributed by atoms with van der Waals surface area (Å²) in [6, 6.07) is 10.9. The second-order valence-corrected chi connectivity index (χ2v) is 6.34. The number of aliphatic imine (C=N–C) groups is 1. The lowest BCUT2D eigenvalue weighted by atomic mass is 9.80. The molecule has 23 heavy (non-hydrogen) atoms. The molecule has 0 radical (unpaired) electrons. The van der Waals surface area contributed by atoms with E-state index in [2.05, 4.69) is 53.7 Å². The van der Waals surface area contributed by atoms with Gasteiger partial charge >= 0.3 is 0 Å². The first-order valence-electron chi connectivity index (χ1n) is 8.42. The highest BCUT2D eigenvalue weighted by Gasteiger charge is 2.34. The Morgan fingerprint density at radius 1 is 1.30 bits per heavy atom. The normalized spacial score (nSPS) is 17.6. The van der Waals surface area contributed by atoms with Crippen LogP contribution in [-0.2, 0) is 6.42 Å². The van der Waals surface area contributed by atoms with Crippen LogP contribution in [0.4, 0.5) is 0 Å². The van der Waals surface area contributed by atoms with Gasteiger partial charge in [0.2, 0.25) is 0 Å². The second kappa shape index (κ2) is 10.1. The maximum Gasteiger partial charge on any atom is 0.191 e. The van der Waals surface area contributed by atoms with Gasteiger partial charge in [-0.3, -0.25) is 4.99 Å². The van der Waals surface area contributed by atoms with Crippen molar-refractivity contribution in [2.45, 2.75) is 57.6 Å². The summed E-state index contributed by atoms with van der Waals surface area (Å²) in [6.45, 7) is 5.56. The highest BCUT2D eigenvalue weighted by Crippen LogP contribution is 2.31. The van der Waals surface area contributed by atoms with Crippen LogP contribution < -0.4 is 10.6 Å². The molecule has 2 rings (SSSR count). The molecule has 1 saturated carbocycles. The van der Waals surface area contributed by atoms with Crippen molar-refractivity contribution in [1.82, 2.24) is 10.6 Å². The molecule has 1 aliphatic carbocycles. The van der Waals surface area contributed by atoms with E-state index in [4.69, 9.17) is 0 Å². The van der Waals surface area contributed by atoms with E-state index in [0.717, 1.165) is 44.6 Å². The van der Waals surface area contributed by atoms with Crippen LogP contribution in [0.25, 0.3) is 0 Å². The molecule has 4 nitrogen and oxygen atoms in total. The minimum Gasteiger partial charge on any atom is -0.388 e. The minimum absolute atomic E-state index is 0. The number of aliphatic hydroxyl groups is 1. The molecule has 0 bridgehead atoms. The van der Waals surface area contributed by atoms with Gasteiger partial charge in [0.15, 0.2) is 5.96 Å². The summed E-state index contributed by atoms with van der Waals surface area (Å²) in [5, 5.41) is 16.8. The topological polar surface area (TPSA) is 56.7 Å². The number of nitrogens with one attached hydrogen (secondary N) is 2. The lowest BCUT2D eigenvalue weighted by Crippen LogP contribution is -2.45. The molecular formula is C18H30IN3O. The van der Waals surface area contributed by atoms with Gasteiger partial charge in [0.05, 0.1) is 12.1 Å². The first-order valence-corrected chi connectivity index (χ1v) is 8.42. The molecule has 130 valence electrons. The van der Waals surface area contributed by atoms with Crippen LogP contribution in [0.15, 0.2) is 35.3 Å². The van der Waals surface area contributed by atoms with Crippen LogP contribution in [0.5, 0.6) is 0 Å². The first kappa shape index (κ1) is 20.2. The molecule has 1 fully saturated rings. The molecule has 0 amide bonds. The molecule has 0 aromatic heterocycles. The summed E-state index contributed by atoms with van der Waals surface area (Å²) in [4.78, 5) is 4.55. The van der Waals surface area contributed by atoms with Crippen molar-refractivity contribution in [3.8, 4) is 0 Å². The van der Waals surface area contributed by atoms with Crippen LogP contribution in [0.1, 0.15) is 45.1 Å². The number of hydrogen-bond acceptors (Lipinski definition) is 2. The van der Waals surface area contributed by atoms with Gasteiger partial charge in [0, 0.05) is 12.6 Å². The summed E-state index contributed by atoms with van der Waals surface area (Å²) in [7, 11) is 0. The second-order valence-electron chi connectivity index (χ2n) is 6.34. The smallest absolute Gasteiger partial charge is 0.191 e.